The Morgan fingerprint density at radius 3 is 2.46 bits per heavy atom. The van der Waals surface area contributed by atoms with Crippen LogP contribution in [0.1, 0.15) is 61.0 Å². The van der Waals surface area contributed by atoms with Gasteiger partial charge < -0.3 is 14.2 Å². The fourth-order valence-electron chi connectivity index (χ4n) is 5.42. The molecule has 3 aromatic carbocycles. The lowest BCUT2D eigenvalue weighted by molar-refractivity contribution is -0.117. The second-order valence-electron chi connectivity index (χ2n) is 10.2. The van der Waals surface area contributed by atoms with Crippen molar-refractivity contribution < 1.29 is 9.53 Å². The fraction of sp³-hybridized carbons (Fsp3) is 0.375. The number of ether oxygens (including phenoxy) is 1. The van der Waals surface area contributed by atoms with Gasteiger partial charge in [0.1, 0.15) is 11.6 Å². The van der Waals surface area contributed by atoms with Gasteiger partial charge in [-0.25, -0.2) is 4.98 Å². The summed E-state index contributed by atoms with van der Waals surface area (Å²) in [5.74, 6) is 2.22. The molecule has 5 heteroatoms. The van der Waals surface area contributed by atoms with E-state index in [9.17, 15) is 4.79 Å². The first-order valence-corrected chi connectivity index (χ1v) is 13.6. The average Bonchev–Trinajstić information content (AvgIpc) is 3.47. The van der Waals surface area contributed by atoms with Crippen LogP contribution in [0.3, 0.4) is 0 Å². The number of benzene rings is 3. The number of carbonyl (C=O) groups is 1. The smallest absolute Gasteiger partial charge is 0.227 e. The highest BCUT2D eigenvalue weighted by molar-refractivity contribution is 5.96. The molecule has 1 atom stereocenters. The first kappa shape index (κ1) is 25.1. The summed E-state index contributed by atoms with van der Waals surface area (Å²) in [6.45, 7) is 8.49. The van der Waals surface area contributed by atoms with E-state index in [1.807, 2.05) is 11.0 Å². The van der Waals surface area contributed by atoms with Crippen LogP contribution in [0, 0.1) is 13.8 Å². The first-order chi connectivity index (χ1) is 18.0. The molecular formula is C32H37N3O2. The third-order valence-corrected chi connectivity index (χ3v) is 7.42. The number of aryl methyl sites for hydroxylation is 4. The van der Waals surface area contributed by atoms with Crippen molar-refractivity contribution in [3.8, 4) is 5.75 Å². The van der Waals surface area contributed by atoms with Crippen molar-refractivity contribution in [2.24, 2.45) is 0 Å². The molecule has 1 fully saturated rings. The van der Waals surface area contributed by atoms with Gasteiger partial charge in [-0.15, -0.1) is 0 Å². The van der Waals surface area contributed by atoms with Gasteiger partial charge in [0.25, 0.3) is 0 Å². The average molecular weight is 496 g/mol. The Kier molecular flexibility index (Phi) is 7.59. The lowest BCUT2D eigenvalue weighted by atomic mass is 10.1. The highest BCUT2D eigenvalue weighted by Crippen LogP contribution is 2.33. The van der Waals surface area contributed by atoms with Gasteiger partial charge in [0.2, 0.25) is 5.91 Å². The Balaban J connectivity index is 1.31. The molecule has 5 nitrogen and oxygen atoms in total. The van der Waals surface area contributed by atoms with Crippen molar-refractivity contribution in [2.75, 3.05) is 18.1 Å². The topological polar surface area (TPSA) is 47.4 Å². The van der Waals surface area contributed by atoms with E-state index >= 15 is 0 Å². The summed E-state index contributed by atoms with van der Waals surface area (Å²) in [6.07, 6.45) is 4.82. The summed E-state index contributed by atoms with van der Waals surface area (Å²) in [5, 5.41) is 0. The third kappa shape index (κ3) is 5.41. The molecule has 0 spiro atoms. The molecule has 0 radical (unpaired) electrons. The summed E-state index contributed by atoms with van der Waals surface area (Å²) in [7, 11) is 0. The van der Waals surface area contributed by atoms with Gasteiger partial charge in [0.15, 0.2) is 0 Å². The molecule has 1 amide bonds. The molecule has 5 rings (SSSR count). The van der Waals surface area contributed by atoms with E-state index in [0.29, 0.717) is 19.6 Å². The number of carbonyl (C=O) groups excluding carboxylic acids is 1. The summed E-state index contributed by atoms with van der Waals surface area (Å²) in [5.41, 5.74) is 6.75. The maximum atomic E-state index is 13.1. The zero-order valence-electron chi connectivity index (χ0n) is 22.2. The van der Waals surface area contributed by atoms with Gasteiger partial charge in [0.05, 0.1) is 17.6 Å². The van der Waals surface area contributed by atoms with Gasteiger partial charge in [-0.1, -0.05) is 55.8 Å². The standard InChI is InChI=1S/C32H37N3O2/c1-4-5-12-25-15-17-27(18-16-25)35-22-26(21-30(35)36)32-33-28-13-6-7-14-29(28)34(32)19-9-20-37-31-23(2)10-8-11-24(31)3/h6-8,10-11,13-18,26H,4-5,9,12,19-22H2,1-3H3. The molecule has 1 aliphatic rings. The lowest BCUT2D eigenvalue weighted by Gasteiger charge is -2.18. The molecule has 4 aromatic rings. The Labute approximate surface area is 220 Å². The molecule has 0 bridgehead atoms. The van der Waals surface area contributed by atoms with Gasteiger partial charge in [-0.05, 0) is 74.1 Å². The Morgan fingerprint density at radius 2 is 1.70 bits per heavy atom. The number of hydrogen-bond donors (Lipinski definition) is 0. The molecular weight excluding hydrogens is 458 g/mol. The van der Waals surface area contributed by atoms with E-state index in [1.54, 1.807) is 0 Å². The number of anilines is 1. The highest BCUT2D eigenvalue weighted by Gasteiger charge is 2.34. The van der Waals surface area contributed by atoms with Crippen LogP contribution < -0.4 is 9.64 Å². The van der Waals surface area contributed by atoms with E-state index in [2.05, 4.69) is 86.0 Å². The number of para-hydroxylation sites is 3. The zero-order chi connectivity index (χ0) is 25.8. The van der Waals surface area contributed by atoms with Gasteiger partial charge >= 0.3 is 0 Å². The summed E-state index contributed by atoms with van der Waals surface area (Å²) in [6, 6.07) is 23.0. The van der Waals surface area contributed by atoms with Crippen LogP contribution in [-0.2, 0) is 17.8 Å². The zero-order valence-corrected chi connectivity index (χ0v) is 22.2. The van der Waals surface area contributed by atoms with Crippen molar-refractivity contribution in [2.45, 2.75) is 65.3 Å². The Bertz CT molecular complexity index is 1350. The van der Waals surface area contributed by atoms with Gasteiger partial charge in [0, 0.05) is 31.1 Å². The maximum absolute atomic E-state index is 13.1. The number of rotatable bonds is 10. The van der Waals surface area contributed by atoms with E-state index in [-0.39, 0.29) is 11.8 Å². The number of fused-ring (bicyclic) bond motifs is 1. The molecule has 1 unspecified atom stereocenters. The molecule has 2 heterocycles. The third-order valence-electron chi connectivity index (χ3n) is 7.42. The molecule has 0 aliphatic carbocycles. The maximum Gasteiger partial charge on any atom is 0.227 e. The summed E-state index contributed by atoms with van der Waals surface area (Å²) in [4.78, 5) is 20.0. The van der Waals surface area contributed by atoms with Crippen LogP contribution in [0.15, 0.2) is 66.7 Å². The predicted molar refractivity (Wildman–Crippen MR) is 151 cm³/mol. The van der Waals surface area contributed by atoms with Crippen molar-refractivity contribution >= 4 is 22.6 Å². The largest absolute Gasteiger partial charge is 0.493 e. The van der Waals surface area contributed by atoms with Crippen LogP contribution in [-0.4, -0.2) is 28.6 Å². The minimum atomic E-state index is 0.0687. The number of hydrogen-bond acceptors (Lipinski definition) is 3. The number of amides is 1. The van der Waals surface area contributed by atoms with E-state index < -0.39 is 0 Å². The Morgan fingerprint density at radius 1 is 0.946 bits per heavy atom. The van der Waals surface area contributed by atoms with E-state index in [4.69, 9.17) is 9.72 Å². The molecule has 1 saturated heterocycles. The molecule has 192 valence electrons. The van der Waals surface area contributed by atoms with Crippen molar-refractivity contribution in [3.05, 3.63) is 89.2 Å². The molecule has 1 aromatic heterocycles. The predicted octanol–water partition coefficient (Wildman–Crippen LogP) is 6.99. The fourth-order valence-corrected chi connectivity index (χ4v) is 5.42. The number of aromatic nitrogens is 2. The molecule has 37 heavy (non-hydrogen) atoms. The summed E-state index contributed by atoms with van der Waals surface area (Å²) < 4.78 is 8.48. The van der Waals surface area contributed by atoms with Crippen LogP contribution in [0.25, 0.3) is 11.0 Å². The first-order valence-electron chi connectivity index (χ1n) is 13.6. The summed E-state index contributed by atoms with van der Waals surface area (Å²) >= 11 is 0. The second kappa shape index (κ2) is 11.2. The molecule has 0 N–H and O–H groups in total. The SMILES string of the molecule is CCCCc1ccc(N2CC(c3nc4ccccc4n3CCCOc3c(C)cccc3C)CC2=O)cc1. The lowest BCUT2D eigenvalue weighted by Crippen LogP contribution is -2.24. The Hall–Kier alpha value is -3.60. The highest BCUT2D eigenvalue weighted by atomic mass is 16.5. The minimum absolute atomic E-state index is 0.0687. The van der Waals surface area contributed by atoms with E-state index in [0.717, 1.165) is 58.8 Å². The van der Waals surface area contributed by atoms with Crippen LogP contribution in [0.2, 0.25) is 0 Å². The van der Waals surface area contributed by atoms with Crippen molar-refractivity contribution in [1.29, 1.82) is 0 Å². The van der Waals surface area contributed by atoms with Crippen LogP contribution in [0.5, 0.6) is 5.75 Å². The minimum Gasteiger partial charge on any atom is -0.493 e. The van der Waals surface area contributed by atoms with Crippen LogP contribution in [0.4, 0.5) is 5.69 Å². The number of unbranched alkanes of at least 4 members (excludes halogenated alkanes) is 1. The molecule has 1 aliphatic heterocycles. The van der Waals surface area contributed by atoms with Crippen molar-refractivity contribution in [3.63, 3.8) is 0 Å². The molecule has 0 saturated carbocycles. The quantitative estimate of drug-likeness (QED) is 0.223. The van der Waals surface area contributed by atoms with E-state index in [1.165, 1.54) is 18.4 Å². The van der Waals surface area contributed by atoms with Crippen molar-refractivity contribution in [1.82, 2.24) is 9.55 Å². The monoisotopic (exact) mass is 495 g/mol. The number of nitrogens with zero attached hydrogens (tertiary/aromatic N) is 3. The van der Waals surface area contributed by atoms with Gasteiger partial charge in [-0.2, -0.15) is 0 Å². The normalized spacial score (nSPS) is 15.6. The number of imidazole rings is 1. The van der Waals surface area contributed by atoms with Crippen LogP contribution >= 0.6 is 0 Å². The second-order valence-corrected chi connectivity index (χ2v) is 10.2. The van der Waals surface area contributed by atoms with Gasteiger partial charge in [-0.3, -0.25) is 4.79 Å².